The fraction of sp³-hybridized carbons (Fsp3) is 1.00. The molecule has 0 heterocycles. The third-order valence-corrected chi connectivity index (χ3v) is 2.52. The molecule has 1 N–H and O–H groups in total. The van der Waals surface area contributed by atoms with Crippen LogP contribution in [0.2, 0.25) is 0 Å². The SMILES string of the molecule is C[C@H](CBr)[C@@H](C)CO. The molecule has 0 saturated heterocycles. The highest BCUT2D eigenvalue weighted by molar-refractivity contribution is 9.09. The van der Waals surface area contributed by atoms with E-state index in [0.29, 0.717) is 18.4 Å². The van der Waals surface area contributed by atoms with Crippen molar-refractivity contribution in [3.63, 3.8) is 0 Å². The van der Waals surface area contributed by atoms with E-state index < -0.39 is 0 Å². The topological polar surface area (TPSA) is 20.2 Å². The van der Waals surface area contributed by atoms with E-state index in [4.69, 9.17) is 5.11 Å². The predicted molar refractivity (Wildman–Crippen MR) is 39.2 cm³/mol. The summed E-state index contributed by atoms with van der Waals surface area (Å²) in [5.41, 5.74) is 0. The van der Waals surface area contributed by atoms with Crippen LogP contribution in [-0.2, 0) is 0 Å². The lowest BCUT2D eigenvalue weighted by atomic mass is 10.00. The first-order valence-corrected chi connectivity index (χ1v) is 4.01. The lowest BCUT2D eigenvalue weighted by Gasteiger charge is -2.13. The van der Waals surface area contributed by atoms with Crippen LogP contribution in [0.5, 0.6) is 0 Å². The second-order valence-electron chi connectivity index (χ2n) is 2.29. The van der Waals surface area contributed by atoms with Crippen LogP contribution in [0.3, 0.4) is 0 Å². The predicted octanol–water partition coefficient (Wildman–Crippen LogP) is 1.65. The number of rotatable bonds is 3. The summed E-state index contributed by atoms with van der Waals surface area (Å²) in [7, 11) is 0. The molecule has 0 bridgehead atoms. The first-order valence-electron chi connectivity index (χ1n) is 2.89. The van der Waals surface area contributed by atoms with Gasteiger partial charge in [-0.15, -0.1) is 0 Å². The standard InChI is InChI=1S/C6H13BrO/c1-5(3-7)6(2)4-8/h5-6,8H,3-4H2,1-2H3/t5-,6+/m1/s1. The molecule has 2 heteroatoms. The highest BCUT2D eigenvalue weighted by Gasteiger charge is 2.07. The second-order valence-corrected chi connectivity index (χ2v) is 2.94. The van der Waals surface area contributed by atoms with Gasteiger partial charge in [0.1, 0.15) is 0 Å². The Morgan fingerprint density at radius 1 is 1.38 bits per heavy atom. The number of hydrogen-bond acceptors (Lipinski definition) is 1. The first-order chi connectivity index (χ1) is 3.72. The van der Waals surface area contributed by atoms with Crippen molar-refractivity contribution in [2.75, 3.05) is 11.9 Å². The van der Waals surface area contributed by atoms with Crippen molar-refractivity contribution in [2.24, 2.45) is 11.8 Å². The third kappa shape index (κ3) is 2.68. The minimum absolute atomic E-state index is 0.298. The van der Waals surface area contributed by atoms with E-state index >= 15 is 0 Å². The Kier molecular flexibility index (Phi) is 4.57. The fourth-order valence-electron chi connectivity index (χ4n) is 0.332. The minimum atomic E-state index is 0.298. The largest absolute Gasteiger partial charge is 0.396 e. The molecule has 0 aliphatic rings. The van der Waals surface area contributed by atoms with Crippen LogP contribution in [0.15, 0.2) is 0 Å². The van der Waals surface area contributed by atoms with Crippen molar-refractivity contribution >= 4 is 15.9 Å². The zero-order valence-corrected chi connectivity index (χ0v) is 6.98. The van der Waals surface area contributed by atoms with E-state index in [1.165, 1.54) is 0 Å². The van der Waals surface area contributed by atoms with Gasteiger partial charge in [-0.05, 0) is 11.8 Å². The van der Waals surface area contributed by atoms with E-state index in [1.807, 2.05) is 6.92 Å². The van der Waals surface area contributed by atoms with Crippen LogP contribution in [0.1, 0.15) is 13.8 Å². The van der Waals surface area contributed by atoms with Crippen molar-refractivity contribution in [3.8, 4) is 0 Å². The molecule has 8 heavy (non-hydrogen) atoms. The highest BCUT2D eigenvalue weighted by atomic mass is 79.9. The summed E-state index contributed by atoms with van der Waals surface area (Å²) >= 11 is 3.35. The smallest absolute Gasteiger partial charge is 0.0459 e. The van der Waals surface area contributed by atoms with Gasteiger partial charge in [-0.2, -0.15) is 0 Å². The molecule has 0 saturated carbocycles. The molecule has 0 unspecified atom stereocenters. The Hall–Kier alpha value is 0.440. The lowest BCUT2D eigenvalue weighted by Crippen LogP contribution is -2.12. The first kappa shape index (κ1) is 8.44. The number of alkyl halides is 1. The molecule has 0 aromatic carbocycles. The van der Waals surface area contributed by atoms with E-state index in [1.54, 1.807) is 0 Å². The third-order valence-electron chi connectivity index (χ3n) is 1.50. The van der Waals surface area contributed by atoms with Gasteiger partial charge in [-0.3, -0.25) is 0 Å². The van der Waals surface area contributed by atoms with Crippen molar-refractivity contribution in [1.82, 2.24) is 0 Å². The van der Waals surface area contributed by atoms with E-state index in [-0.39, 0.29) is 0 Å². The quantitative estimate of drug-likeness (QED) is 0.656. The van der Waals surface area contributed by atoms with Crippen molar-refractivity contribution in [1.29, 1.82) is 0 Å². The Morgan fingerprint density at radius 3 is 2.00 bits per heavy atom. The van der Waals surface area contributed by atoms with Gasteiger partial charge in [0, 0.05) is 11.9 Å². The molecule has 0 fully saturated rings. The average Bonchev–Trinajstić information content (AvgIpc) is 1.84. The summed E-state index contributed by atoms with van der Waals surface area (Å²) in [4.78, 5) is 0. The molecule has 50 valence electrons. The zero-order valence-electron chi connectivity index (χ0n) is 5.39. The van der Waals surface area contributed by atoms with Crippen LogP contribution >= 0.6 is 15.9 Å². The lowest BCUT2D eigenvalue weighted by molar-refractivity contribution is 0.205. The molecule has 1 nitrogen and oxygen atoms in total. The normalized spacial score (nSPS) is 18.0. The summed E-state index contributed by atoms with van der Waals surface area (Å²) < 4.78 is 0. The van der Waals surface area contributed by atoms with E-state index in [0.717, 1.165) is 5.33 Å². The van der Waals surface area contributed by atoms with Gasteiger partial charge < -0.3 is 5.11 Å². The van der Waals surface area contributed by atoms with Crippen molar-refractivity contribution in [2.45, 2.75) is 13.8 Å². The molecule has 0 amide bonds. The second kappa shape index (κ2) is 4.33. The maximum Gasteiger partial charge on any atom is 0.0459 e. The van der Waals surface area contributed by atoms with E-state index in [9.17, 15) is 0 Å². The Balaban J connectivity index is 3.29. The maximum absolute atomic E-state index is 8.62. The molecule has 0 radical (unpaired) electrons. The Bertz CT molecular complexity index is 48.5. The van der Waals surface area contributed by atoms with Crippen LogP contribution in [-0.4, -0.2) is 17.0 Å². The van der Waals surface area contributed by atoms with Crippen LogP contribution in [0.25, 0.3) is 0 Å². The molecule has 0 aromatic rings. The Morgan fingerprint density at radius 2 is 1.88 bits per heavy atom. The average molecular weight is 181 g/mol. The van der Waals surface area contributed by atoms with Gasteiger partial charge in [0.25, 0.3) is 0 Å². The molecule has 0 aromatic heterocycles. The molecule has 0 rings (SSSR count). The van der Waals surface area contributed by atoms with Gasteiger partial charge in [-0.1, -0.05) is 29.8 Å². The van der Waals surface area contributed by atoms with Gasteiger partial charge in [0.2, 0.25) is 0 Å². The number of hydrogen-bond donors (Lipinski definition) is 1. The van der Waals surface area contributed by atoms with Gasteiger partial charge in [0.15, 0.2) is 0 Å². The summed E-state index contributed by atoms with van der Waals surface area (Å²) in [5, 5.41) is 9.60. The summed E-state index contributed by atoms with van der Waals surface area (Å²) in [5.74, 6) is 1.01. The van der Waals surface area contributed by atoms with E-state index in [2.05, 4.69) is 22.9 Å². The zero-order chi connectivity index (χ0) is 6.57. The van der Waals surface area contributed by atoms with Crippen molar-refractivity contribution < 1.29 is 5.11 Å². The number of aliphatic hydroxyl groups excluding tert-OH is 1. The van der Waals surface area contributed by atoms with Crippen LogP contribution in [0, 0.1) is 11.8 Å². The monoisotopic (exact) mass is 180 g/mol. The molecular weight excluding hydrogens is 168 g/mol. The summed E-state index contributed by atoms with van der Waals surface area (Å²) in [6.45, 7) is 4.47. The Labute approximate surface area is 59.2 Å². The molecule has 0 spiro atoms. The maximum atomic E-state index is 8.62. The van der Waals surface area contributed by atoms with Gasteiger partial charge >= 0.3 is 0 Å². The van der Waals surface area contributed by atoms with Crippen molar-refractivity contribution in [3.05, 3.63) is 0 Å². The molecule has 0 aliphatic carbocycles. The fourth-order valence-corrected chi connectivity index (χ4v) is 0.970. The highest BCUT2D eigenvalue weighted by Crippen LogP contribution is 2.11. The van der Waals surface area contributed by atoms with Crippen LogP contribution in [0.4, 0.5) is 0 Å². The number of aliphatic hydroxyl groups is 1. The summed E-state index contributed by atoms with van der Waals surface area (Å²) in [6, 6.07) is 0. The number of halogens is 1. The minimum Gasteiger partial charge on any atom is -0.396 e. The van der Waals surface area contributed by atoms with Crippen LogP contribution < -0.4 is 0 Å². The summed E-state index contributed by atoms with van der Waals surface area (Å²) in [6.07, 6.45) is 0. The van der Waals surface area contributed by atoms with Gasteiger partial charge in [0.05, 0.1) is 0 Å². The molecule has 0 aliphatic heterocycles. The molecule has 2 atom stereocenters. The van der Waals surface area contributed by atoms with Gasteiger partial charge in [-0.25, -0.2) is 0 Å². The molecular formula is C6H13BrO.